The molecule has 29 heavy (non-hydrogen) atoms. The van der Waals surface area contributed by atoms with Crippen LogP contribution in [0, 0.1) is 12.8 Å². The van der Waals surface area contributed by atoms with Gasteiger partial charge in [-0.15, -0.1) is 0 Å². The molecule has 0 unspecified atom stereocenters. The molecule has 0 aromatic heterocycles. The van der Waals surface area contributed by atoms with Gasteiger partial charge in [-0.3, -0.25) is 4.79 Å². The van der Waals surface area contributed by atoms with Crippen molar-refractivity contribution >= 4 is 29.2 Å². The number of anilines is 1. The molecule has 0 spiro atoms. The summed E-state index contributed by atoms with van der Waals surface area (Å²) < 4.78 is 0. The summed E-state index contributed by atoms with van der Waals surface area (Å²) >= 11 is 5.88. The summed E-state index contributed by atoms with van der Waals surface area (Å²) in [5.74, 6) is 0.415. The molecule has 5 nitrogen and oxygen atoms in total. The van der Waals surface area contributed by atoms with E-state index in [2.05, 4.69) is 10.6 Å². The van der Waals surface area contributed by atoms with Crippen LogP contribution in [0.1, 0.15) is 36.8 Å². The lowest BCUT2D eigenvalue weighted by molar-refractivity contribution is -0.121. The van der Waals surface area contributed by atoms with E-state index in [-0.39, 0.29) is 11.9 Å². The normalized spacial score (nSPS) is 16.3. The highest BCUT2D eigenvalue weighted by molar-refractivity contribution is 6.30. The maximum absolute atomic E-state index is 12.5. The molecule has 3 rings (SSSR count). The summed E-state index contributed by atoms with van der Waals surface area (Å²) in [5.41, 5.74) is 3.05. The lowest BCUT2D eigenvalue weighted by atomic mass is 9.93. The summed E-state index contributed by atoms with van der Waals surface area (Å²) in [5, 5.41) is 6.54. The number of carbonyl (C=O) groups excluding carboxylic acids is 2. The maximum atomic E-state index is 12.5. The fraction of sp³-hybridized carbons (Fsp3) is 0.391. The number of nitrogens with one attached hydrogen (secondary N) is 2. The zero-order valence-corrected chi connectivity index (χ0v) is 17.5. The molecular formula is C23H28ClN3O2. The first kappa shape index (κ1) is 21.2. The molecule has 1 aliphatic heterocycles. The Morgan fingerprint density at radius 3 is 2.55 bits per heavy atom. The van der Waals surface area contributed by atoms with Crippen LogP contribution in [0.3, 0.4) is 0 Å². The third kappa shape index (κ3) is 6.79. The first-order valence-electron chi connectivity index (χ1n) is 10.1. The number of likely N-dealkylation sites (tertiary alicyclic amines) is 1. The van der Waals surface area contributed by atoms with Crippen LogP contribution < -0.4 is 10.6 Å². The molecule has 1 saturated heterocycles. The predicted molar refractivity (Wildman–Crippen MR) is 117 cm³/mol. The Hall–Kier alpha value is -2.53. The molecule has 1 aliphatic rings. The summed E-state index contributed by atoms with van der Waals surface area (Å²) in [6.07, 6.45) is 3.30. The number of benzene rings is 2. The van der Waals surface area contributed by atoms with Crippen LogP contribution in [0.5, 0.6) is 0 Å². The van der Waals surface area contributed by atoms with Crippen LogP contribution in [0.4, 0.5) is 10.5 Å². The molecule has 3 amide bonds. The minimum atomic E-state index is -0.0964. The van der Waals surface area contributed by atoms with Crippen molar-refractivity contribution in [3.05, 3.63) is 64.7 Å². The van der Waals surface area contributed by atoms with Crippen molar-refractivity contribution in [3.8, 4) is 0 Å². The van der Waals surface area contributed by atoms with Crippen molar-refractivity contribution < 1.29 is 9.59 Å². The quantitative estimate of drug-likeness (QED) is 0.700. The SMILES string of the molecule is Cc1ccc(CNC(=O)CC[C@H]2CCCN(C(=O)Nc3ccc(Cl)cc3)C2)cc1. The molecule has 0 saturated carbocycles. The van der Waals surface area contributed by atoms with Crippen LogP contribution in [-0.2, 0) is 11.3 Å². The first-order chi connectivity index (χ1) is 14.0. The molecule has 0 bridgehead atoms. The Morgan fingerprint density at radius 1 is 1.10 bits per heavy atom. The van der Waals surface area contributed by atoms with Crippen LogP contribution in [0.2, 0.25) is 5.02 Å². The van der Waals surface area contributed by atoms with Crippen molar-refractivity contribution in [1.29, 1.82) is 0 Å². The lowest BCUT2D eigenvalue weighted by Crippen LogP contribution is -2.42. The minimum Gasteiger partial charge on any atom is -0.352 e. The average molecular weight is 414 g/mol. The van der Waals surface area contributed by atoms with Gasteiger partial charge in [-0.2, -0.15) is 0 Å². The largest absolute Gasteiger partial charge is 0.352 e. The number of piperidine rings is 1. The van der Waals surface area contributed by atoms with Gasteiger partial charge in [-0.05, 0) is 61.9 Å². The molecule has 0 radical (unpaired) electrons. The molecule has 154 valence electrons. The zero-order chi connectivity index (χ0) is 20.6. The molecule has 1 fully saturated rings. The number of carbonyl (C=O) groups is 2. The third-order valence-corrected chi connectivity index (χ3v) is 5.54. The second kappa shape index (κ2) is 10.3. The van der Waals surface area contributed by atoms with Gasteiger partial charge in [0.1, 0.15) is 0 Å². The number of hydrogen-bond donors (Lipinski definition) is 2. The summed E-state index contributed by atoms with van der Waals surface area (Å²) in [6, 6.07) is 15.2. The molecule has 1 heterocycles. The number of rotatable bonds is 6. The van der Waals surface area contributed by atoms with E-state index in [0.29, 0.717) is 30.5 Å². The van der Waals surface area contributed by atoms with E-state index in [1.807, 2.05) is 36.1 Å². The predicted octanol–water partition coefficient (Wildman–Crippen LogP) is 4.99. The van der Waals surface area contributed by atoms with Crippen molar-refractivity contribution in [2.45, 2.75) is 39.2 Å². The molecule has 6 heteroatoms. The Bertz CT molecular complexity index is 821. The summed E-state index contributed by atoms with van der Waals surface area (Å²) in [4.78, 5) is 26.6. The van der Waals surface area contributed by atoms with Gasteiger partial charge in [0, 0.05) is 36.8 Å². The van der Waals surface area contributed by atoms with Gasteiger partial charge in [-0.1, -0.05) is 41.4 Å². The fourth-order valence-corrected chi connectivity index (χ4v) is 3.68. The van der Waals surface area contributed by atoms with E-state index >= 15 is 0 Å². The standard InChI is InChI=1S/C23H28ClN3O2/c1-17-4-6-18(7-5-17)15-25-22(28)13-8-19-3-2-14-27(16-19)23(29)26-21-11-9-20(24)10-12-21/h4-7,9-12,19H,2-3,8,13-16H2,1H3,(H,25,28)(H,26,29)/t19-/m1/s1. The van der Waals surface area contributed by atoms with Crippen molar-refractivity contribution in [1.82, 2.24) is 10.2 Å². The molecule has 2 aromatic rings. The van der Waals surface area contributed by atoms with E-state index in [1.54, 1.807) is 24.3 Å². The highest BCUT2D eigenvalue weighted by Gasteiger charge is 2.24. The highest BCUT2D eigenvalue weighted by atomic mass is 35.5. The Balaban J connectivity index is 1.40. The van der Waals surface area contributed by atoms with Crippen LogP contribution in [0.15, 0.2) is 48.5 Å². The summed E-state index contributed by atoms with van der Waals surface area (Å²) in [7, 11) is 0. The smallest absolute Gasteiger partial charge is 0.321 e. The zero-order valence-electron chi connectivity index (χ0n) is 16.8. The van der Waals surface area contributed by atoms with Gasteiger partial charge in [0.25, 0.3) is 0 Å². The number of aryl methyl sites for hydroxylation is 1. The summed E-state index contributed by atoms with van der Waals surface area (Å²) in [6.45, 7) is 4.03. The number of hydrogen-bond acceptors (Lipinski definition) is 2. The maximum Gasteiger partial charge on any atom is 0.321 e. The van der Waals surface area contributed by atoms with Gasteiger partial charge >= 0.3 is 6.03 Å². The Labute approximate surface area is 177 Å². The van der Waals surface area contributed by atoms with E-state index < -0.39 is 0 Å². The van der Waals surface area contributed by atoms with E-state index in [4.69, 9.17) is 11.6 Å². The van der Waals surface area contributed by atoms with Gasteiger partial charge in [0.2, 0.25) is 5.91 Å². The van der Waals surface area contributed by atoms with Gasteiger partial charge in [0.15, 0.2) is 0 Å². The van der Waals surface area contributed by atoms with E-state index in [9.17, 15) is 9.59 Å². The van der Waals surface area contributed by atoms with E-state index in [1.165, 1.54) is 5.56 Å². The van der Waals surface area contributed by atoms with Gasteiger partial charge in [0.05, 0.1) is 0 Å². The van der Waals surface area contributed by atoms with Crippen molar-refractivity contribution in [2.75, 3.05) is 18.4 Å². The lowest BCUT2D eigenvalue weighted by Gasteiger charge is -2.32. The van der Waals surface area contributed by atoms with Gasteiger partial charge < -0.3 is 15.5 Å². The highest BCUT2D eigenvalue weighted by Crippen LogP contribution is 2.22. The van der Waals surface area contributed by atoms with Crippen molar-refractivity contribution in [3.63, 3.8) is 0 Å². The minimum absolute atomic E-state index is 0.0633. The second-order valence-electron chi connectivity index (χ2n) is 7.69. The first-order valence-corrected chi connectivity index (χ1v) is 10.5. The van der Waals surface area contributed by atoms with Gasteiger partial charge in [-0.25, -0.2) is 4.79 Å². The molecule has 1 atom stereocenters. The van der Waals surface area contributed by atoms with Crippen molar-refractivity contribution in [2.24, 2.45) is 5.92 Å². The van der Waals surface area contributed by atoms with Crippen LogP contribution in [-0.4, -0.2) is 29.9 Å². The topological polar surface area (TPSA) is 61.4 Å². The molecular weight excluding hydrogens is 386 g/mol. The fourth-order valence-electron chi connectivity index (χ4n) is 3.55. The Morgan fingerprint density at radius 2 is 1.83 bits per heavy atom. The van der Waals surface area contributed by atoms with Crippen LogP contribution >= 0.6 is 11.6 Å². The molecule has 0 aliphatic carbocycles. The Kier molecular flexibility index (Phi) is 7.53. The number of urea groups is 1. The number of amides is 3. The number of nitrogens with zero attached hydrogens (tertiary/aromatic N) is 1. The molecule has 2 aromatic carbocycles. The average Bonchev–Trinajstić information content (AvgIpc) is 2.73. The monoisotopic (exact) mass is 413 g/mol. The van der Waals surface area contributed by atoms with E-state index in [0.717, 1.165) is 37.1 Å². The second-order valence-corrected chi connectivity index (χ2v) is 8.13. The molecule has 2 N–H and O–H groups in total. The van der Waals surface area contributed by atoms with Crippen LogP contribution in [0.25, 0.3) is 0 Å². The number of halogens is 1. The third-order valence-electron chi connectivity index (χ3n) is 5.29.